The van der Waals surface area contributed by atoms with Crippen molar-refractivity contribution in [2.45, 2.75) is 78.2 Å². The molecular formula is C23H37NO3S. The molecule has 5 fully saturated rings. The third-order valence-corrected chi connectivity index (χ3v) is 10.4. The molecule has 5 aliphatic rings. The number of carbonyl (C=O) groups is 2. The summed E-state index contributed by atoms with van der Waals surface area (Å²) in [4.78, 5) is 24.6. The number of carbonyl (C=O) groups excluding carboxylic acids is 2. The smallest absolute Gasteiger partial charge is 0.302 e. The predicted molar refractivity (Wildman–Crippen MR) is 113 cm³/mol. The number of primary amides is 1. The van der Waals surface area contributed by atoms with Crippen molar-refractivity contribution < 1.29 is 14.3 Å². The summed E-state index contributed by atoms with van der Waals surface area (Å²) < 4.78 is 6.13. The first-order chi connectivity index (χ1) is 13.2. The fourth-order valence-electron chi connectivity index (χ4n) is 8.54. The summed E-state index contributed by atoms with van der Waals surface area (Å²) in [5.74, 6) is 2.86. The van der Waals surface area contributed by atoms with E-state index in [-0.39, 0.29) is 34.2 Å². The van der Waals surface area contributed by atoms with Crippen molar-refractivity contribution in [2.24, 2.45) is 45.7 Å². The van der Waals surface area contributed by atoms with E-state index in [1.54, 1.807) is 6.92 Å². The SMILES string of the molecule is CSC[C@H]1[C@@H]2CC[C@@]3(CC[C@H]4[C@@](C)(CCC[C@@]4(C)C(N)=O)[C@@H]3C2)[C@@H]1OC(C)=O. The molecule has 0 aromatic heterocycles. The van der Waals surface area contributed by atoms with Gasteiger partial charge in [-0.2, -0.15) is 11.8 Å². The molecular weight excluding hydrogens is 370 g/mol. The molecule has 0 unspecified atom stereocenters. The van der Waals surface area contributed by atoms with Gasteiger partial charge in [-0.3, -0.25) is 9.59 Å². The topological polar surface area (TPSA) is 69.4 Å². The second kappa shape index (κ2) is 6.92. The van der Waals surface area contributed by atoms with E-state index in [4.69, 9.17) is 10.5 Å². The largest absolute Gasteiger partial charge is 0.462 e. The van der Waals surface area contributed by atoms with Crippen LogP contribution in [0.3, 0.4) is 0 Å². The average molecular weight is 408 g/mol. The molecule has 0 aliphatic heterocycles. The summed E-state index contributed by atoms with van der Waals surface area (Å²) in [5.41, 5.74) is 5.79. The van der Waals surface area contributed by atoms with E-state index in [9.17, 15) is 9.59 Å². The van der Waals surface area contributed by atoms with Crippen LogP contribution in [-0.4, -0.2) is 30.0 Å². The molecule has 2 N–H and O–H groups in total. The summed E-state index contributed by atoms with van der Waals surface area (Å²) in [6.07, 6.45) is 11.2. The summed E-state index contributed by atoms with van der Waals surface area (Å²) in [6, 6.07) is 0. The zero-order valence-corrected chi connectivity index (χ0v) is 18.8. The second-order valence-corrected chi connectivity index (χ2v) is 11.6. The lowest BCUT2D eigenvalue weighted by atomic mass is 9.35. The molecule has 0 radical (unpaired) electrons. The molecule has 0 saturated heterocycles. The van der Waals surface area contributed by atoms with Gasteiger partial charge in [-0.1, -0.05) is 20.3 Å². The molecule has 0 aromatic carbocycles. The summed E-state index contributed by atoms with van der Waals surface area (Å²) in [7, 11) is 0. The maximum atomic E-state index is 12.5. The number of fused-ring (bicyclic) bond motifs is 3. The van der Waals surface area contributed by atoms with E-state index >= 15 is 0 Å². The highest BCUT2D eigenvalue weighted by Gasteiger charge is 2.69. The maximum Gasteiger partial charge on any atom is 0.302 e. The summed E-state index contributed by atoms with van der Waals surface area (Å²) >= 11 is 1.89. The van der Waals surface area contributed by atoms with E-state index in [0.29, 0.717) is 23.7 Å². The van der Waals surface area contributed by atoms with E-state index < -0.39 is 0 Å². The number of amides is 1. The molecule has 28 heavy (non-hydrogen) atoms. The molecule has 2 bridgehead atoms. The Morgan fingerprint density at radius 1 is 1.11 bits per heavy atom. The Morgan fingerprint density at radius 3 is 2.46 bits per heavy atom. The van der Waals surface area contributed by atoms with Crippen LogP contribution >= 0.6 is 11.8 Å². The standard InChI is InChI=1S/C23H37NO3S/c1-14(25)27-19-16(13-28-4)15-6-10-23(19)11-7-17-21(2,18(23)12-15)8-5-9-22(17,3)20(24)26/h15-19H,5-13H2,1-4H3,(H2,24,26)/t15-,16+,17+,18+,19-,21-,22-,23+/m1/s1. The number of nitrogens with two attached hydrogens (primary N) is 1. The Labute approximate surface area is 174 Å². The van der Waals surface area contributed by atoms with Crippen LogP contribution in [0, 0.1) is 39.9 Å². The zero-order chi connectivity index (χ0) is 20.3. The first-order valence-electron chi connectivity index (χ1n) is 11.1. The molecule has 4 nitrogen and oxygen atoms in total. The normalized spacial score (nSPS) is 49.8. The molecule has 5 heteroatoms. The predicted octanol–water partition coefficient (Wildman–Crippen LogP) is 4.41. The average Bonchev–Trinajstić information content (AvgIpc) is 2.63. The van der Waals surface area contributed by atoms with Crippen molar-refractivity contribution >= 4 is 23.6 Å². The minimum absolute atomic E-state index is 0.0504. The summed E-state index contributed by atoms with van der Waals surface area (Å²) in [5, 5.41) is 0. The van der Waals surface area contributed by atoms with Gasteiger partial charge < -0.3 is 10.5 Å². The lowest BCUT2D eigenvalue weighted by Crippen LogP contribution is -2.68. The van der Waals surface area contributed by atoms with E-state index in [1.165, 1.54) is 25.7 Å². The van der Waals surface area contributed by atoms with Gasteiger partial charge in [0.05, 0.1) is 0 Å². The van der Waals surface area contributed by atoms with Gasteiger partial charge in [-0.15, -0.1) is 0 Å². The Morgan fingerprint density at radius 2 is 1.82 bits per heavy atom. The maximum absolute atomic E-state index is 12.5. The number of ether oxygens (including phenoxy) is 1. The highest BCUT2D eigenvalue weighted by Crippen LogP contribution is 2.72. The molecule has 158 valence electrons. The second-order valence-electron chi connectivity index (χ2n) is 10.7. The molecule has 0 heterocycles. The summed E-state index contributed by atoms with van der Waals surface area (Å²) in [6.45, 7) is 6.14. The number of thioether (sulfide) groups is 1. The fourth-order valence-corrected chi connectivity index (χ4v) is 9.37. The minimum Gasteiger partial charge on any atom is -0.462 e. The van der Waals surface area contributed by atoms with E-state index in [0.717, 1.165) is 31.4 Å². The molecule has 1 amide bonds. The first kappa shape index (κ1) is 20.6. The van der Waals surface area contributed by atoms with Gasteiger partial charge in [-0.05, 0) is 80.1 Å². The third-order valence-electron chi connectivity index (χ3n) is 9.66. The van der Waals surface area contributed by atoms with Crippen molar-refractivity contribution in [3.8, 4) is 0 Å². The molecule has 5 saturated carbocycles. The molecule has 5 aliphatic carbocycles. The van der Waals surface area contributed by atoms with Crippen LogP contribution in [0.2, 0.25) is 0 Å². The lowest BCUT2D eigenvalue weighted by Gasteiger charge is -2.70. The van der Waals surface area contributed by atoms with Crippen LogP contribution in [0.15, 0.2) is 0 Å². The van der Waals surface area contributed by atoms with Crippen LogP contribution in [0.1, 0.15) is 72.1 Å². The van der Waals surface area contributed by atoms with Crippen LogP contribution in [0.4, 0.5) is 0 Å². The number of esters is 1. The molecule has 8 atom stereocenters. The van der Waals surface area contributed by atoms with Gasteiger partial charge in [0, 0.05) is 23.7 Å². The van der Waals surface area contributed by atoms with Crippen molar-refractivity contribution in [3.05, 3.63) is 0 Å². The number of rotatable bonds is 4. The van der Waals surface area contributed by atoms with Gasteiger partial charge >= 0.3 is 5.97 Å². The van der Waals surface area contributed by atoms with Gasteiger partial charge in [0.2, 0.25) is 5.91 Å². The van der Waals surface area contributed by atoms with Gasteiger partial charge in [0.1, 0.15) is 6.10 Å². The third kappa shape index (κ3) is 2.70. The monoisotopic (exact) mass is 407 g/mol. The van der Waals surface area contributed by atoms with Crippen LogP contribution in [0.5, 0.6) is 0 Å². The lowest BCUT2D eigenvalue weighted by molar-refractivity contribution is -0.246. The van der Waals surface area contributed by atoms with Crippen LogP contribution < -0.4 is 5.73 Å². The Balaban J connectivity index is 1.75. The highest BCUT2D eigenvalue weighted by molar-refractivity contribution is 7.98. The fraction of sp³-hybridized carbons (Fsp3) is 0.913. The van der Waals surface area contributed by atoms with Crippen molar-refractivity contribution in [3.63, 3.8) is 0 Å². The van der Waals surface area contributed by atoms with Gasteiger partial charge in [0.25, 0.3) is 0 Å². The molecule has 0 aromatic rings. The molecule has 1 spiro atoms. The van der Waals surface area contributed by atoms with Gasteiger partial charge in [-0.25, -0.2) is 0 Å². The number of hydrogen-bond donors (Lipinski definition) is 1. The zero-order valence-electron chi connectivity index (χ0n) is 18.0. The van der Waals surface area contributed by atoms with Crippen molar-refractivity contribution in [2.75, 3.05) is 12.0 Å². The number of hydrogen-bond acceptors (Lipinski definition) is 4. The molecule has 5 rings (SSSR count). The van der Waals surface area contributed by atoms with E-state index in [2.05, 4.69) is 20.1 Å². The minimum atomic E-state index is -0.388. The Bertz CT molecular complexity index is 668. The Kier molecular flexibility index (Phi) is 5.08. The quantitative estimate of drug-likeness (QED) is 0.701. The first-order valence-corrected chi connectivity index (χ1v) is 12.5. The van der Waals surface area contributed by atoms with Crippen LogP contribution in [0.25, 0.3) is 0 Å². The van der Waals surface area contributed by atoms with Gasteiger partial charge in [0.15, 0.2) is 0 Å². The van der Waals surface area contributed by atoms with Crippen molar-refractivity contribution in [1.29, 1.82) is 0 Å². The van der Waals surface area contributed by atoms with E-state index in [1.807, 2.05) is 11.8 Å². The van der Waals surface area contributed by atoms with Crippen LogP contribution in [-0.2, 0) is 14.3 Å². The Hall–Kier alpha value is -0.710. The highest BCUT2D eigenvalue weighted by atomic mass is 32.2. The van der Waals surface area contributed by atoms with Crippen molar-refractivity contribution in [1.82, 2.24) is 0 Å².